The van der Waals surface area contributed by atoms with E-state index in [1.54, 1.807) is 23.5 Å². The molecule has 0 N–H and O–H groups in total. The minimum atomic E-state index is 0.00701. The van der Waals surface area contributed by atoms with E-state index in [4.69, 9.17) is 9.15 Å². The van der Waals surface area contributed by atoms with Crippen LogP contribution in [0.3, 0.4) is 0 Å². The fraction of sp³-hybridized carbons (Fsp3) is 0.261. The Kier molecular flexibility index (Phi) is 6.66. The zero-order chi connectivity index (χ0) is 19.1. The van der Waals surface area contributed by atoms with E-state index in [1.807, 2.05) is 36.4 Å². The summed E-state index contributed by atoms with van der Waals surface area (Å²) in [4.78, 5) is 14.3. The number of furan rings is 1. The number of hydrogen-bond donors (Lipinski definition) is 0. The van der Waals surface area contributed by atoms with Gasteiger partial charge in [0.25, 0.3) is 0 Å². The van der Waals surface area contributed by atoms with Gasteiger partial charge in [-0.15, -0.1) is 11.3 Å². The number of thiophene rings is 1. The first-order chi connectivity index (χ1) is 13.2. The van der Waals surface area contributed by atoms with Gasteiger partial charge in [0.1, 0.15) is 23.9 Å². The molecule has 2 heterocycles. The lowest BCUT2D eigenvalue weighted by Gasteiger charge is -2.04. The SMILES string of the molecule is CCCc1ccc(C(=O)/C=C/c2ccc(COc3ccc(CC)cc3)o2)s1. The average molecular weight is 381 g/mol. The average Bonchev–Trinajstić information content (AvgIpc) is 3.35. The maximum Gasteiger partial charge on any atom is 0.195 e. The molecule has 3 rings (SSSR count). The summed E-state index contributed by atoms with van der Waals surface area (Å²) in [5.74, 6) is 2.20. The summed E-state index contributed by atoms with van der Waals surface area (Å²) in [6, 6.07) is 15.7. The molecule has 3 nitrogen and oxygen atoms in total. The van der Waals surface area contributed by atoms with E-state index in [1.165, 1.54) is 10.4 Å². The Hall–Kier alpha value is -2.59. The molecule has 0 saturated heterocycles. The smallest absolute Gasteiger partial charge is 0.195 e. The molecule has 1 aromatic carbocycles. The van der Waals surface area contributed by atoms with Crippen LogP contribution >= 0.6 is 11.3 Å². The quantitative estimate of drug-likeness (QED) is 0.321. The van der Waals surface area contributed by atoms with E-state index in [0.29, 0.717) is 12.4 Å². The number of rotatable bonds is 9. The maximum absolute atomic E-state index is 12.3. The van der Waals surface area contributed by atoms with E-state index < -0.39 is 0 Å². The molecule has 0 unspecified atom stereocenters. The monoisotopic (exact) mass is 380 g/mol. The normalized spacial score (nSPS) is 11.2. The standard InChI is InChI=1S/C23H24O3S/c1-3-5-21-13-15-23(27-21)22(24)14-12-19-10-11-20(26-19)16-25-18-8-6-17(4-2)7-9-18/h6-15H,3-5,16H2,1-2H3/b14-12+. The van der Waals surface area contributed by atoms with E-state index in [0.717, 1.165) is 35.6 Å². The topological polar surface area (TPSA) is 39.4 Å². The highest BCUT2D eigenvalue weighted by molar-refractivity contribution is 7.14. The van der Waals surface area contributed by atoms with Crippen LogP contribution in [-0.2, 0) is 19.4 Å². The van der Waals surface area contributed by atoms with Gasteiger partial charge in [-0.2, -0.15) is 0 Å². The van der Waals surface area contributed by atoms with Crippen molar-refractivity contribution in [3.8, 4) is 5.75 Å². The molecule has 0 fully saturated rings. The number of ether oxygens (including phenoxy) is 1. The summed E-state index contributed by atoms with van der Waals surface area (Å²) >= 11 is 1.56. The first-order valence-corrected chi connectivity index (χ1v) is 10.1. The molecule has 0 saturated carbocycles. The molecule has 0 aliphatic heterocycles. The number of aryl methyl sites for hydroxylation is 2. The van der Waals surface area contributed by atoms with Crippen molar-refractivity contribution < 1.29 is 13.9 Å². The maximum atomic E-state index is 12.3. The summed E-state index contributed by atoms with van der Waals surface area (Å²) < 4.78 is 11.5. The number of ketones is 1. The number of carbonyl (C=O) groups is 1. The molecule has 0 atom stereocenters. The third kappa shape index (κ3) is 5.44. The molecule has 0 bridgehead atoms. The Bertz CT molecular complexity index is 900. The summed E-state index contributed by atoms with van der Waals surface area (Å²) in [5, 5.41) is 0. The molecule has 2 aromatic heterocycles. The van der Waals surface area contributed by atoms with Crippen LogP contribution in [0.5, 0.6) is 5.75 Å². The molecule has 4 heteroatoms. The van der Waals surface area contributed by atoms with Crippen molar-refractivity contribution in [3.63, 3.8) is 0 Å². The van der Waals surface area contributed by atoms with Gasteiger partial charge in [0.15, 0.2) is 5.78 Å². The van der Waals surface area contributed by atoms with Crippen molar-refractivity contribution in [3.05, 3.63) is 81.4 Å². The zero-order valence-corrected chi connectivity index (χ0v) is 16.6. The first kappa shape index (κ1) is 19.2. The Morgan fingerprint density at radius 3 is 2.63 bits per heavy atom. The first-order valence-electron chi connectivity index (χ1n) is 9.29. The molecule has 0 amide bonds. The fourth-order valence-electron chi connectivity index (χ4n) is 2.67. The lowest BCUT2D eigenvalue weighted by molar-refractivity contribution is 0.105. The van der Waals surface area contributed by atoms with Gasteiger partial charge in [0, 0.05) is 4.88 Å². The Balaban J connectivity index is 1.54. The highest BCUT2D eigenvalue weighted by atomic mass is 32.1. The van der Waals surface area contributed by atoms with E-state index in [2.05, 4.69) is 26.0 Å². The predicted octanol–water partition coefficient (Wildman–Crippen LogP) is 6.33. The van der Waals surface area contributed by atoms with Crippen LogP contribution in [-0.4, -0.2) is 5.78 Å². The fourth-order valence-corrected chi connectivity index (χ4v) is 3.70. The largest absolute Gasteiger partial charge is 0.486 e. The van der Waals surface area contributed by atoms with Gasteiger partial charge < -0.3 is 9.15 Å². The predicted molar refractivity (Wildman–Crippen MR) is 111 cm³/mol. The second-order valence-electron chi connectivity index (χ2n) is 6.30. The van der Waals surface area contributed by atoms with E-state index in [9.17, 15) is 4.79 Å². The second kappa shape index (κ2) is 9.38. The molecule has 27 heavy (non-hydrogen) atoms. The second-order valence-corrected chi connectivity index (χ2v) is 7.47. The molecular formula is C23H24O3S. The van der Waals surface area contributed by atoms with Gasteiger partial charge in [-0.05, 0) is 67.0 Å². The van der Waals surface area contributed by atoms with Crippen molar-refractivity contribution in [2.24, 2.45) is 0 Å². The molecule has 140 valence electrons. The van der Waals surface area contributed by atoms with Gasteiger partial charge in [0.05, 0.1) is 4.88 Å². The summed E-state index contributed by atoms with van der Waals surface area (Å²) in [6.07, 6.45) is 6.39. The van der Waals surface area contributed by atoms with Crippen LogP contribution < -0.4 is 4.74 Å². The van der Waals surface area contributed by atoms with Crippen molar-refractivity contribution >= 4 is 23.2 Å². The molecule has 0 radical (unpaired) electrons. The molecule has 0 aliphatic carbocycles. The number of allylic oxidation sites excluding steroid dienone is 1. The van der Waals surface area contributed by atoms with Gasteiger partial charge in [-0.3, -0.25) is 4.79 Å². The third-order valence-electron chi connectivity index (χ3n) is 4.20. The highest BCUT2D eigenvalue weighted by Gasteiger charge is 2.07. The summed E-state index contributed by atoms with van der Waals surface area (Å²) in [6.45, 7) is 4.62. The van der Waals surface area contributed by atoms with Crippen LogP contribution in [0.1, 0.15) is 51.9 Å². The molecule has 0 spiro atoms. The van der Waals surface area contributed by atoms with Crippen molar-refractivity contribution in [1.82, 2.24) is 0 Å². The summed E-state index contributed by atoms with van der Waals surface area (Å²) in [7, 11) is 0. The van der Waals surface area contributed by atoms with Gasteiger partial charge in [-0.1, -0.05) is 32.4 Å². The van der Waals surface area contributed by atoms with Crippen LogP contribution in [0.2, 0.25) is 0 Å². The lowest BCUT2D eigenvalue weighted by Crippen LogP contribution is -1.93. The van der Waals surface area contributed by atoms with Crippen LogP contribution in [0.15, 0.2) is 59.0 Å². The third-order valence-corrected chi connectivity index (χ3v) is 5.35. The summed E-state index contributed by atoms with van der Waals surface area (Å²) in [5.41, 5.74) is 1.28. The number of carbonyl (C=O) groups excluding carboxylic acids is 1. The number of hydrogen-bond acceptors (Lipinski definition) is 4. The Labute approximate surface area is 164 Å². The van der Waals surface area contributed by atoms with Crippen LogP contribution in [0, 0.1) is 0 Å². The van der Waals surface area contributed by atoms with Crippen LogP contribution in [0.4, 0.5) is 0 Å². The molecular weight excluding hydrogens is 356 g/mol. The minimum absolute atomic E-state index is 0.00701. The van der Waals surface area contributed by atoms with Gasteiger partial charge in [-0.25, -0.2) is 0 Å². The molecule has 3 aromatic rings. The zero-order valence-electron chi connectivity index (χ0n) is 15.7. The van der Waals surface area contributed by atoms with Crippen molar-refractivity contribution in [2.45, 2.75) is 39.7 Å². The Morgan fingerprint density at radius 1 is 1.07 bits per heavy atom. The van der Waals surface area contributed by atoms with Gasteiger partial charge >= 0.3 is 0 Å². The van der Waals surface area contributed by atoms with Gasteiger partial charge in [0.2, 0.25) is 0 Å². The van der Waals surface area contributed by atoms with Crippen molar-refractivity contribution in [2.75, 3.05) is 0 Å². The number of benzene rings is 1. The van der Waals surface area contributed by atoms with Crippen LogP contribution in [0.25, 0.3) is 6.08 Å². The Morgan fingerprint density at radius 2 is 1.89 bits per heavy atom. The lowest BCUT2D eigenvalue weighted by atomic mass is 10.2. The van der Waals surface area contributed by atoms with E-state index >= 15 is 0 Å². The molecule has 0 aliphatic rings. The van der Waals surface area contributed by atoms with Crippen molar-refractivity contribution in [1.29, 1.82) is 0 Å². The van der Waals surface area contributed by atoms with E-state index in [-0.39, 0.29) is 5.78 Å². The highest BCUT2D eigenvalue weighted by Crippen LogP contribution is 2.20. The minimum Gasteiger partial charge on any atom is -0.486 e.